The molecule has 0 saturated heterocycles. The minimum Gasteiger partial charge on any atom is -0.494 e. The number of benzene rings is 2. The highest BCUT2D eigenvalue weighted by molar-refractivity contribution is 7.99. The molecule has 0 aliphatic carbocycles. The van der Waals surface area contributed by atoms with Gasteiger partial charge in [0.05, 0.1) is 12.9 Å². The fourth-order valence-corrected chi connectivity index (χ4v) is 2.96. The number of methoxy groups -OCH3 is 1. The van der Waals surface area contributed by atoms with E-state index in [0.29, 0.717) is 22.3 Å². The zero-order valence-corrected chi connectivity index (χ0v) is 15.0. The van der Waals surface area contributed by atoms with Crippen LogP contribution in [-0.2, 0) is 4.79 Å². The molecule has 0 atom stereocenters. The maximum atomic E-state index is 13.2. The van der Waals surface area contributed by atoms with Gasteiger partial charge in [0.15, 0.2) is 0 Å². The molecule has 9 heteroatoms. The third kappa shape index (κ3) is 4.17. The smallest absolute Gasteiger partial charge is 0.234 e. The van der Waals surface area contributed by atoms with E-state index in [1.54, 1.807) is 13.2 Å². The number of anilines is 1. The van der Waals surface area contributed by atoms with Crippen molar-refractivity contribution in [1.82, 2.24) is 20.2 Å². The maximum Gasteiger partial charge on any atom is 0.234 e. The number of thioether (sulfide) groups is 1. The van der Waals surface area contributed by atoms with Gasteiger partial charge in [0.2, 0.25) is 11.1 Å². The Hall–Kier alpha value is -2.94. The van der Waals surface area contributed by atoms with E-state index in [4.69, 9.17) is 4.74 Å². The summed E-state index contributed by atoms with van der Waals surface area (Å²) in [4.78, 5) is 12.1. The van der Waals surface area contributed by atoms with Crippen molar-refractivity contribution in [3.05, 3.63) is 53.8 Å². The molecule has 2 aromatic carbocycles. The molecule has 0 saturated carbocycles. The Morgan fingerprint density at radius 3 is 2.92 bits per heavy atom. The highest BCUT2D eigenvalue weighted by Crippen LogP contribution is 2.27. The van der Waals surface area contributed by atoms with E-state index in [1.165, 1.54) is 34.6 Å². The average molecular weight is 373 g/mol. The number of halogens is 1. The second-order valence-corrected chi connectivity index (χ2v) is 6.34. The summed E-state index contributed by atoms with van der Waals surface area (Å²) in [5, 5.41) is 14.7. The first-order valence-corrected chi connectivity index (χ1v) is 8.67. The van der Waals surface area contributed by atoms with Gasteiger partial charge in [0, 0.05) is 5.69 Å². The number of hydrogen-bond acceptors (Lipinski definition) is 6. The van der Waals surface area contributed by atoms with Gasteiger partial charge in [-0.3, -0.25) is 4.79 Å². The first-order chi connectivity index (χ1) is 12.6. The topological polar surface area (TPSA) is 81.9 Å². The van der Waals surface area contributed by atoms with E-state index in [2.05, 4.69) is 20.8 Å². The summed E-state index contributed by atoms with van der Waals surface area (Å²) in [6, 6.07) is 11.4. The number of aryl methyl sites for hydroxylation is 1. The normalized spacial score (nSPS) is 10.6. The van der Waals surface area contributed by atoms with E-state index < -0.39 is 5.82 Å². The second-order valence-electron chi connectivity index (χ2n) is 5.40. The number of hydrogen-bond donors (Lipinski definition) is 1. The number of nitrogens with one attached hydrogen (secondary N) is 1. The first-order valence-electron chi connectivity index (χ1n) is 7.68. The highest BCUT2D eigenvalue weighted by Gasteiger charge is 2.15. The molecular weight excluding hydrogens is 357 g/mol. The Morgan fingerprint density at radius 1 is 1.31 bits per heavy atom. The van der Waals surface area contributed by atoms with E-state index in [1.807, 2.05) is 25.1 Å². The number of tetrazole rings is 1. The molecule has 0 spiro atoms. The van der Waals surface area contributed by atoms with Crippen LogP contribution < -0.4 is 10.1 Å². The van der Waals surface area contributed by atoms with Gasteiger partial charge in [-0.05, 0) is 53.2 Å². The molecule has 1 amide bonds. The van der Waals surface area contributed by atoms with Crippen molar-refractivity contribution in [3.8, 4) is 11.4 Å². The Kier molecular flexibility index (Phi) is 5.47. The molecule has 1 aromatic heterocycles. The van der Waals surface area contributed by atoms with Gasteiger partial charge < -0.3 is 10.1 Å². The van der Waals surface area contributed by atoms with Crippen molar-refractivity contribution in [1.29, 1.82) is 0 Å². The van der Waals surface area contributed by atoms with Crippen LogP contribution in [0.4, 0.5) is 10.1 Å². The molecule has 3 rings (SSSR count). The number of carbonyl (C=O) groups is 1. The summed E-state index contributed by atoms with van der Waals surface area (Å²) in [5.74, 6) is -0.00312. The molecule has 1 N–H and O–H groups in total. The fraction of sp³-hybridized carbons (Fsp3) is 0.176. The zero-order valence-electron chi connectivity index (χ0n) is 14.1. The summed E-state index contributed by atoms with van der Waals surface area (Å²) >= 11 is 1.17. The van der Waals surface area contributed by atoms with Crippen LogP contribution >= 0.6 is 11.8 Å². The highest BCUT2D eigenvalue weighted by atomic mass is 32.2. The lowest BCUT2D eigenvalue weighted by atomic mass is 10.2. The maximum absolute atomic E-state index is 13.2. The van der Waals surface area contributed by atoms with E-state index >= 15 is 0 Å². The Bertz CT molecular complexity index is 931. The molecule has 0 bridgehead atoms. The Labute approximate surface area is 153 Å². The average Bonchev–Trinajstić information content (AvgIpc) is 3.08. The standard InChI is InChI=1S/C17H16FN5O2S/c1-11-6-7-15(25-2)14(8-11)23-17(20-21-22-23)26-10-16(24)19-13-5-3-4-12(18)9-13/h3-9H,10H2,1-2H3,(H,19,24). The number of nitrogens with zero attached hydrogens (tertiary/aromatic N) is 4. The quantitative estimate of drug-likeness (QED) is 0.669. The van der Waals surface area contributed by atoms with Crippen molar-refractivity contribution >= 4 is 23.4 Å². The van der Waals surface area contributed by atoms with Crippen LogP contribution in [0.1, 0.15) is 5.56 Å². The molecule has 0 fully saturated rings. The number of aromatic nitrogens is 4. The van der Waals surface area contributed by atoms with Crippen molar-refractivity contribution < 1.29 is 13.9 Å². The fourth-order valence-electron chi connectivity index (χ4n) is 2.28. The van der Waals surface area contributed by atoms with E-state index in [9.17, 15) is 9.18 Å². The molecule has 7 nitrogen and oxygen atoms in total. The van der Waals surface area contributed by atoms with Crippen molar-refractivity contribution in [2.45, 2.75) is 12.1 Å². The summed E-state index contributed by atoms with van der Waals surface area (Å²) < 4.78 is 20.0. The molecule has 0 aliphatic heterocycles. The molecule has 1 heterocycles. The molecule has 0 unspecified atom stereocenters. The monoisotopic (exact) mass is 373 g/mol. The number of ether oxygens (including phenoxy) is 1. The minimum atomic E-state index is -0.411. The third-order valence-corrected chi connectivity index (χ3v) is 4.36. The summed E-state index contributed by atoms with van der Waals surface area (Å²) in [7, 11) is 1.57. The Morgan fingerprint density at radius 2 is 2.15 bits per heavy atom. The minimum absolute atomic E-state index is 0.0744. The lowest BCUT2D eigenvalue weighted by Gasteiger charge is -2.10. The van der Waals surface area contributed by atoms with Gasteiger partial charge in [0.25, 0.3) is 0 Å². The van der Waals surface area contributed by atoms with Gasteiger partial charge in [-0.2, -0.15) is 4.68 Å². The van der Waals surface area contributed by atoms with Crippen molar-refractivity contribution in [2.75, 3.05) is 18.2 Å². The summed E-state index contributed by atoms with van der Waals surface area (Å²) in [5.41, 5.74) is 2.11. The molecule has 0 aliphatic rings. The van der Waals surface area contributed by atoms with Crippen LogP contribution in [0, 0.1) is 12.7 Å². The second kappa shape index (κ2) is 7.96. The van der Waals surface area contributed by atoms with Gasteiger partial charge >= 0.3 is 0 Å². The molecular formula is C17H16FN5O2S. The molecule has 3 aromatic rings. The largest absolute Gasteiger partial charge is 0.494 e. The van der Waals surface area contributed by atoms with Crippen LogP contribution in [0.2, 0.25) is 0 Å². The van der Waals surface area contributed by atoms with Gasteiger partial charge in [-0.25, -0.2) is 4.39 Å². The van der Waals surface area contributed by atoms with Gasteiger partial charge in [0.1, 0.15) is 17.3 Å². The van der Waals surface area contributed by atoms with E-state index in [-0.39, 0.29) is 11.7 Å². The predicted molar refractivity (Wildman–Crippen MR) is 96.2 cm³/mol. The predicted octanol–water partition coefficient (Wildman–Crippen LogP) is 2.85. The SMILES string of the molecule is COc1ccc(C)cc1-n1nnnc1SCC(=O)Nc1cccc(F)c1. The third-order valence-electron chi connectivity index (χ3n) is 3.44. The molecule has 26 heavy (non-hydrogen) atoms. The van der Waals surface area contributed by atoms with Gasteiger partial charge in [-0.1, -0.05) is 23.9 Å². The lowest BCUT2D eigenvalue weighted by Crippen LogP contribution is -2.14. The molecule has 134 valence electrons. The van der Waals surface area contributed by atoms with Crippen LogP contribution in [0.5, 0.6) is 5.75 Å². The van der Waals surface area contributed by atoms with Crippen molar-refractivity contribution in [3.63, 3.8) is 0 Å². The zero-order chi connectivity index (χ0) is 18.5. The van der Waals surface area contributed by atoms with Crippen LogP contribution in [0.3, 0.4) is 0 Å². The van der Waals surface area contributed by atoms with Crippen LogP contribution in [0.15, 0.2) is 47.6 Å². The number of rotatable bonds is 6. The summed E-state index contributed by atoms with van der Waals surface area (Å²) in [6.45, 7) is 1.95. The Balaban J connectivity index is 1.72. The van der Waals surface area contributed by atoms with Crippen molar-refractivity contribution in [2.24, 2.45) is 0 Å². The van der Waals surface area contributed by atoms with Gasteiger partial charge in [-0.15, -0.1) is 5.10 Å². The number of carbonyl (C=O) groups excluding carboxylic acids is 1. The molecule has 0 radical (unpaired) electrons. The first kappa shape index (κ1) is 17.9. The summed E-state index contributed by atoms with van der Waals surface area (Å²) in [6.07, 6.45) is 0. The van der Waals surface area contributed by atoms with E-state index in [0.717, 1.165) is 5.56 Å². The van der Waals surface area contributed by atoms with Crippen LogP contribution in [-0.4, -0.2) is 39.0 Å². The van der Waals surface area contributed by atoms with Crippen LogP contribution in [0.25, 0.3) is 5.69 Å². The number of amides is 1. The lowest BCUT2D eigenvalue weighted by molar-refractivity contribution is -0.113.